The Morgan fingerprint density at radius 3 is 2.69 bits per heavy atom. The molecule has 0 bridgehead atoms. The number of primary sulfonamides is 1. The summed E-state index contributed by atoms with van der Waals surface area (Å²) in [6, 6.07) is 3.84. The van der Waals surface area contributed by atoms with Crippen molar-refractivity contribution in [2.45, 2.75) is 81.4 Å². The quantitative estimate of drug-likeness (QED) is 0.759. The van der Waals surface area contributed by atoms with Gasteiger partial charge in [-0.15, -0.1) is 0 Å². The highest BCUT2D eigenvalue weighted by molar-refractivity contribution is 7.89. The van der Waals surface area contributed by atoms with Gasteiger partial charge in [-0.2, -0.15) is 0 Å². The maximum Gasteiger partial charge on any atom is 0.255 e. The van der Waals surface area contributed by atoms with Gasteiger partial charge in [-0.1, -0.05) is 19.3 Å². The minimum atomic E-state index is -3.90. The van der Waals surface area contributed by atoms with E-state index in [9.17, 15) is 13.2 Å². The lowest BCUT2D eigenvalue weighted by Crippen LogP contribution is -2.45. The average molecular weight is 422 g/mol. The molecule has 0 radical (unpaired) electrons. The molecular weight excluding hydrogens is 390 g/mol. The summed E-state index contributed by atoms with van der Waals surface area (Å²) >= 11 is 0. The van der Waals surface area contributed by atoms with Crippen LogP contribution in [0.4, 0.5) is 0 Å². The molecule has 2 heterocycles. The Morgan fingerprint density at radius 2 is 1.97 bits per heavy atom. The minimum absolute atomic E-state index is 0.0381. The van der Waals surface area contributed by atoms with Crippen LogP contribution in [0.1, 0.15) is 67.8 Å². The van der Waals surface area contributed by atoms with E-state index in [-0.39, 0.29) is 22.5 Å². The number of carbonyl (C=O) groups is 1. The van der Waals surface area contributed by atoms with E-state index < -0.39 is 10.0 Å². The van der Waals surface area contributed by atoms with Crippen LogP contribution in [0.3, 0.4) is 0 Å². The first-order valence-corrected chi connectivity index (χ1v) is 12.3. The molecule has 1 saturated carbocycles. The molecule has 1 aromatic carbocycles. The van der Waals surface area contributed by atoms with E-state index in [0.29, 0.717) is 30.8 Å². The second-order valence-electron chi connectivity index (χ2n) is 8.67. The zero-order valence-electron chi connectivity index (χ0n) is 17.0. The normalized spacial score (nSPS) is 25.6. The van der Waals surface area contributed by atoms with E-state index in [1.807, 2.05) is 6.92 Å². The average Bonchev–Trinajstić information content (AvgIpc) is 3.30. The molecule has 2 aliphatic heterocycles. The zero-order chi connectivity index (χ0) is 20.6. The molecule has 160 valence electrons. The van der Waals surface area contributed by atoms with Crippen LogP contribution in [0, 0.1) is 0 Å². The van der Waals surface area contributed by atoms with Crippen LogP contribution in [0.25, 0.3) is 0 Å². The van der Waals surface area contributed by atoms with Crippen molar-refractivity contribution in [3.05, 3.63) is 23.3 Å². The van der Waals surface area contributed by atoms with Crippen molar-refractivity contribution < 1.29 is 17.9 Å². The molecule has 29 heavy (non-hydrogen) atoms. The van der Waals surface area contributed by atoms with Gasteiger partial charge in [0.25, 0.3) is 5.91 Å². The first kappa shape index (κ1) is 20.6. The fourth-order valence-electron chi connectivity index (χ4n) is 5.11. The van der Waals surface area contributed by atoms with Crippen LogP contribution in [-0.2, 0) is 16.4 Å². The zero-order valence-corrected chi connectivity index (χ0v) is 17.8. The van der Waals surface area contributed by atoms with Gasteiger partial charge in [0.1, 0.15) is 11.9 Å². The van der Waals surface area contributed by atoms with E-state index in [1.165, 1.54) is 44.2 Å². The monoisotopic (exact) mass is 421 g/mol. The van der Waals surface area contributed by atoms with Crippen molar-refractivity contribution in [3.63, 3.8) is 0 Å². The summed E-state index contributed by atoms with van der Waals surface area (Å²) in [5.41, 5.74) is 0.983. The van der Waals surface area contributed by atoms with Gasteiger partial charge in [-0.3, -0.25) is 9.69 Å². The molecule has 0 spiro atoms. The van der Waals surface area contributed by atoms with Crippen molar-refractivity contribution in [3.8, 4) is 5.75 Å². The predicted octanol–water partition coefficient (Wildman–Crippen LogP) is 2.18. The first-order valence-electron chi connectivity index (χ1n) is 10.7. The third-order valence-electron chi connectivity index (χ3n) is 6.50. The van der Waals surface area contributed by atoms with Crippen LogP contribution >= 0.6 is 0 Å². The molecule has 1 aliphatic carbocycles. The number of fused-ring (bicyclic) bond motifs is 1. The van der Waals surface area contributed by atoms with Crippen molar-refractivity contribution >= 4 is 15.9 Å². The third-order valence-corrected chi connectivity index (χ3v) is 7.40. The molecule has 2 fully saturated rings. The van der Waals surface area contributed by atoms with Gasteiger partial charge in [0.05, 0.1) is 10.5 Å². The summed E-state index contributed by atoms with van der Waals surface area (Å²) in [5.74, 6) is 0.189. The number of carbonyl (C=O) groups excluding carboxylic acids is 1. The van der Waals surface area contributed by atoms with Gasteiger partial charge in [-0.25, -0.2) is 13.6 Å². The molecular formula is C21H31N3O4S. The molecule has 2 atom stereocenters. The fraction of sp³-hybridized carbons (Fsp3) is 0.667. The molecule has 8 heteroatoms. The van der Waals surface area contributed by atoms with Gasteiger partial charge in [0.2, 0.25) is 10.0 Å². The number of nitrogens with zero attached hydrogens (tertiary/aromatic N) is 1. The van der Waals surface area contributed by atoms with Gasteiger partial charge < -0.3 is 10.1 Å². The molecule has 3 aliphatic rings. The number of nitrogens with two attached hydrogens (primary N) is 1. The van der Waals surface area contributed by atoms with E-state index in [0.717, 1.165) is 24.9 Å². The Balaban J connectivity index is 1.49. The van der Waals surface area contributed by atoms with Crippen molar-refractivity contribution in [2.75, 3.05) is 13.1 Å². The van der Waals surface area contributed by atoms with E-state index >= 15 is 0 Å². The summed E-state index contributed by atoms with van der Waals surface area (Å²) in [6.07, 6.45) is 9.13. The second kappa shape index (κ2) is 8.24. The molecule has 0 aromatic heterocycles. The van der Waals surface area contributed by atoms with Crippen LogP contribution in [-0.4, -0.2) is 50.5 Å². The number of amides is 1. The van der Waals surface area contributed by atoms with Gasteiger partial charge >= 0.3 is 0 Å². The molecule has 1 amide bonds. The summed E-state index contributed by atoms with van der Waals surface area (Å²) in [4.78, 5) is 15.5. The van der Waals surface area contributed by atoms with Crippen LogP contribution in [0.15, 0.2) is 17.0 Å². The van der Waals surface area contributed by atoms with Gasteiger partial charge in [0.15, 0.2) is 0 Å². The highest BCUT2D eigenvalue weighted by Gasteiger charge is 2.33. The molecule has 1 aromatic rings. The number of nitrogens with one attached hydrogen (secondary N) is 1. The Bertz CT molecular complexity index is 880. The number of likely N-dealkylation sites (tertiary alicyclic amines) is 1. The molecule has 1 saturated heterocycles. The smallest absolute Gasteiger partial charge is 0.255 e. The molecule has 3 N–H and O–H groups in total. The summed E-state index contributed by atoms with van der Waals surface area (Å²) in [6.45, 7) is 3.57. The van der Waals surface area contributed by atoms with Crippen LogP contribution in [0.5, 0.6) is 5.75 Å². The number of sulfonamides is 1. The number of ether oxygens (including phenoxy) is 1. The topological polar surface area (TPSA) is 102 Å². The fourth-order valence-corrected chi connectivity index (χ4v) is 5.70. The van der Waals surface area contributed by atoms with Crippen molar-refractivity contribution in [1.29, 1.82) is 0 Å². The maximum absolute atomic E-state index is 13.0. The number of rotatable bonds is 5. The Hall–Kier alpha value is -1.64. The first-order chi connectivity index (χ1) is 13.8. The summed E-state index contributed by atoms with van der Waals surface area (Å²) < 4.78 is 29.6. The number of hydrogen-bond donors (Lipinski definition) is 2. The Kier molecular flexibility index (Phi) is 5.86. The second-order valence-corrected chi connectivity index (χ2v) is 10.2. The van der Waals surface area contributed by atoms with E-state index in [2.05, 4.69) is 10.2 Å². The minimum Gasteiger partial charge on any atom is -0.489 e. The lowest BCUT2D eigenvalue weighted by Gasteiger charge is -2.35. The van der Waals surface area contributed by atoms with Crippen LogP contribution in [0.2, 0.25) is 0 Å². The number of benzene rings is 1. The standard InChI is InChI=1S/C21H31N3O4S/c1-14-10-15-11-18(29(22,26)27)12-19(20(15)28-14)21(25)23-13-17-8-5-9-24(17)16-6-3-2-4-7-16/h11-12,14,16-17H,2-10,13H2,1H3,(H,23,25)(H2,22,26,27). The van der Waals surface area contributed by atoms with Gasteiger partial charge in [-0.05, 0) is 56.8 Å². The largest absolute Gasteiger partial charge is 0.489 e. The highest BCUT2D eigenvalue weighted by atomic mass is 32.2. The van der Waals surface area contributed by atoms with Gasteiger partial charge in [0, 0.05) is 25.0 Å². The van der Waals surface area contributed by atoms with E-state index in [1.54, 1.807) is 0 Å². The summed E-state index contributed by atoms with van der Waals surface area (Å²) in [5, 5.41) is 8.36. The highest BCUT2D eigenvalue weighted by Crippen LogP contribution is 2.35. The maximum atomic E-state index is 13.0. The van der Waals surface area contributed by atoms with Crippen molar-refractivity contribution in [2.24, 2.45) is 5.14 Å². The Labute approximate surface area is 173 Å². The summed E-state index contributed by atoms with van der Waals surface area (Å²) in [7, 11) is -3.90. The van der Waals surface area contributed by atoms with E-state index in [4.69, 9.17) is 9.88 Å². The predicted molar refractivity (Wildman–Crippen MR) is 111 cm³/mol. The molecule has 7 nitrogen and oxygen atoms in total. The van der Waals surface area contributed by atoms with Crippen LogP contribution < -0.4 is 15.2 Å². The molecule has 2 unspecified atom stereocenters. The molecule has 4 rings (SSSR count). The lowest BCUT2D eigenvalue weighted by molar-refractivity contribution is 0.0916. The number of hydrogen-bond acceptors (Lipinski definition) is 5. The SMILES string of the molecule is CC1Cc2cc(S(N)(=O)=O)cc(C(=O)NCC3CCCN3C3CCCCC3)c2O1. The lowest BCUT2D eigenvalue weighted by atomic mass is 9.93. The van der Waals surface area contributed by atoms with Crippen molar-refractivity contribution in [1.82, 2.24) is 10.2 Å². The Morgan fingerprint density at radius 1 is 1.21 bits per heavy atom. The third kappa shape index (κ3) is 4.44.